The zero-order valence-corrected chi connectivity index (χ0v) is 12.2. The van der Waals surface area contributed by atoms with Crippen molar-refractivity contribution in [3.8, 4) is 0 Å². The van der Waals surface area contributed by atoms with Gasteiger partial charge in [-0.2, -0.15) is 0 Å². The third kappa shape index (κ3) is 3.45. The molecule has 4 heteroatoms. The van der Waals surface area contributed by atoms with E-state index >= 15 is 0 Å². The average molecular weight is 256 g/mol. The molecule has 1 atom stereocenters. The van der Waals surface area contributed by atoms with E-state index in [0.717, 1.165) is 32.3 Å². The van der Waals surface area contributed by atoms with Crippen molar-refractivity contribution in [2.75, 3.05) is 13.2 Å². The van der Waals surface area contributed by atoms with Crippen molar-refractivity contribution in [3.05, 3.63) is 0 Å². The van der Waals surface area contributed by atoms with Gasteiger partial charge in [-0.1, -0.05) is 13.8 Å². The summed E-state index contributed by atoms with van der Waals surface area (Å²) in [7, 11) is 0. The highest BCUT2D eigenvalue weighted by Crippen LogP contribution is 2.31. The lowest BCUT2D eigenvalue weighted by Gasteiger charge is -2.41. The summed E-state index contributed by atoms with van der Waals surface area (Å²) in [6.45, 7) is 9.17. The first-order valence-corrected chi connectivity index (χ1v) is 7.04. The normalized spacial score (nSPS) is 23.7. The number of carbonyl (C=O) groups excluding carboxylic acids is 1. The second-order valence-electron chi connectivity index (χ2n) is 5.99. The quantitative estimate of drug-likeness (QED) is 0.788. The van der Waals surface area contributed by atoms with Crippen LogP contribution < -0.4 is 11.1 Å². The van der Waals surface area contributed by atoms with E-state index in [-0.39, 0.29) is 17.6 Å². The monoisotopic (exact) mass is 256 g/mol. The third-order valence-electron chi connectivity index (χ3n) is 4.24. The van der Waals surface area contributed by atoms with Crippen molar-refractivity contribution in [1.29, 1.82) is 0 Å². The molecule has 18 heavy (non-hydrogen) atoms. The van der Waals surface area contributed by atoms with Crippen LogP contribution in [0.5, 0.6) is 0 Å². The SMILES string of the molecule is CCC1(CC)CC(NC(=O)C(C)(C)CN)CCO1. The van der Waals surface area contributed by atoms with Crippen LogP contribution in [0.3, 0.4) is 0 Å². The number of hydrogen-bond acceptors (Lipinski definition) is 3. The van der Waals surface area contributed by atoms with Gasteiger partial charge in [0.05, 0.1) is 11.0 Å². The van der Waals surface area contributed by atoms with Crippen LogP contribution >= 0.6 is 0 Å². The minimum atomic E-state index is -0.487. The molecule has 1 aliphatic heterocycles. The van der Waals surface area contributed by atoms with Crippen molar-refractivity contribution in [1.82, 2.24) is 5.32 Å². The van der Waals surface area contributed by atoms with Crippen LogP contribution in [0.15, 0.2) is 0 Å². The molecule has 0 aromatic heterocycles. The van der Waals surface area contributed by atoms with Crippen LogP contribution in [0.25, 0.3) is 0 Å². The van der Waals surface area contributed by atoms with Gasteiger partial charge in [-0.15, -0.1) is 0 Å². The molecule has 0 bridgehead atoms. The maximum atomic E-state index is 12.1. The van der Waals surface area contributed by atoms with Gasteiger partial charge in [0.2, 0.25) is 5.91 Å². The molecule has 1 aliphatic rings. The number of nitrogens with two attached hydrogens (primary N) is 1. The van der Waals surface area contributed by atoms with Crippen molar-refractivity contribution < 1.29 is 9.53 Å². The van der Waals surface area contributed by atoms with E-state index < -0.39 is 5.41 Å². The highest BCUT2D eigenvalue weighted by atomic mass is 16.5. The fourth-order valence-electron chi connectivity index (χ4n) is 2.37. The molecule has 0 saturated carbocycles. The van der Waals surface area contributed by atoms with Gasteiger partial charge in [0.15, 0.2) is 0 Å². The summed E-state index contributed by atoms with van der Waals surface area (Å²) in [5.41, 5.74) is 5.09. The molecule has 1 saturated heterocycles. The molecule has 0 spiro atoms. The largest absolute Gasteiger partial charge is 0.375 e. The summed E-state index contributed by atoms with van der Waals surface area (Å²) in [5, 5.41) is 3.13. The molecule has 0 aromatic carbocycles. The second kappa shape index (κ2) is 6.02. The first-order valence-electron chi connectivity index (χ1n) is 7.04. The molecule has 0 radical (unpaired) electrons. The summed E-state index contributed by atoms with van der Waals surface area (Å²) in [6.07, 6.45) is 3.80. The Hall–Kier alpha value is -0.610. The summed E-state index contributed by atoms with van der Waals surface area (Å²) in [5.74, 6) is 0.0537. The van der Waals surface area contributed by atoms with Crippen LogP contribution in [-0.2, 0) is 9.53 Å². The first kappa shape index (κ1) is 15.4. The third-order valence-corrected chi connectivity index (χ3v) is 4.24. The molecular weight excluding hydrogens is 228 g/mol. The molecule has 1 fully saturated rings. The lowest BCUT2D eigenvalue weighted by atomic mass is 9.85. The van der Waals surface area contributed by atoms with Gasteiger partial charge in [-0.3, -0.25) is 4.79 Å². The topological polar surface area (TPSA) is 64.4 Å². The predicted octanol–water partition coefficient (Wildman–Crippen LogP) is 1.83. The van der Waals surface area contributed by atoms with Crippen LogP contribution in [0, 0.1) is 5.41 Å². The zero-order valence-electron chi connectivity index (χ0n) is 12.2. The molecule has 1 amide bonds. The summed E-state index contributed by atoms with van der Waals surface area (Å²) in [6, 6.07) is 0.219. The highest BCUT2D eigenvalue weighted by Gasteiger charge is 2.36. The van der Waals surface area contributed by atoms with E-state index in [4.69, 9.17) is 10.5 Å². The standard InChI is InChI=1S/C14H28N2O2/c1-5-14(6-2)9-11(7-8-18-14)16-12(17)13(3,4)10-15/h11H,5-10,15H2,1-4H3,(H,16,17). The molecule has 1 rings (SSSR count). The molecule has 3 N–H and O–H groups in total. The van der Waals surface area contributed by atoms with Crippen LogP contribution in [0.4, 0.5) is 0 Å². The first-order chi connectivity index (χ1) is 8.39. The minimum Gasteiger partial charge on any atom is -0.375 e. The van der Waals surface area contributed by atoms with E-state index in [1.807, 2.05) is 13.8 Å². The van der Waals surface area contributed by atoms with E-state index in [9.17, 15) is 4.79 Å². The Morgan fingerprint density at radius 3 is 2.56 bits per heavy atom. The van der Waals surface area contributed by atoms with Crippen molar-refractivity contribution in [3.63, 3.8) is 0 Å². The Bertz CT molecular complexity index is 286. The molecule has 1 unspecified atom stereocenters. The number of amides is 1. The smallest absolute Gasteiger partial charge is 0.227 e. The second-order valence-corrected chi connectivity index (χ2v) is 5.99. The minimum absolute atomic E-state index is 0.0525. The zero-order chi connectivity index (χ0) is 13.8. The summed E-state index contributed by atoms with van der Waals surface area (Å²) in [4.78, 5) is 12.1. The van der Waals surface area contributed by atoms with E-state index in [2.05, 4.69) is 19.2 Å². The Balaban J connectivity index is 2.61. The van der Waals surface area contributed by atoms with E-state index in [1.54, 1.807) is 0 Å². The predicted molar refractivity (Wildman–Crippen MR) is 73.3 cm³/mol. The van der Waals surface area contributed by atoms with Crippen LogP contribution in [0.2, 0.25) is 0 Å². The van der Waals surface area contributed by atoms with Gasteiger partial charge >= 0.3 is 0 Å². The van der Waals surface area contributed by atoms with Gasteiger partial charge in [0.1, 0.15) is 0 Å². The Morgan fingerprint density at radius 1 is 1.44 bits per heavy atom. The summed E-state index contributed by atoms with van der Waals surface area (Å²) >= 11 is 0. The van der Waals surface area contributed by atoms with Crippen molar-refractivity contribution in [2.24, 2.45) is 11.1 Å². The molecule has 4 nitrogen and oxygen atoms in total. The Morgan fingerprint density at radius 2 is 2.06 bits per heavy atom. The van der Waals surface area contributed by atoms with Gasteiger partial charge in [0.25, 0.3) is 0 Å². The number of carbonyl (C=O) groups is 1. The Kier molecular flexibility index (Phi) is 5.17. The van der Waals surface area contributed by atoms with E-state index in [0.29, 0.717) is 6.54 Å². The highest BCUT2D eigenvalue weighted by molar-refractivity contribution is 5.82. The number of rotatable bonds is 5. The Labute approximate surface area is 111 Å². The van der Waals surface area contributed by atoms with Gasteiger partial charge in [0, 0.05) is 19.2 Å². The maximum Gasteiger partial charge on any atom is 0.227 e. The van der Waals surface area contributed by atoms with Crippen LogP contribution in [-0.4, -0.2) is 30.7 Å². The molecule has 106 valence electrons. The number of hydrogen-bond donors (Lipinski definition) is 2. The average Bonchev–Trinajstić information content (AvgIpc) is 2.38. The fourth-order valence-corrected chi connectivity index (χ4v) is 2.37. The number of ether oxygens (including phenoxy) is 1. The van der Waals surface area contributed by atoms with Gasteiger partial charge in [-0.05, 0) is 39.5 Å². The lowest BCUT2D eigenvalue weighted by molar-refractivity contribution is -0.133. The molecular formula is C14H28N2O2. The summed E-state index contributed by atoms with van der Waals surface area (Å²) < 4.78 is 5.91. The maximum absolute atomic E-state index is 12.1. The van der Waals surface area contributed by atoms with Gasteiger partial charge < -0.3 is 15.8 Å². The molecule has 0 aliphatic carbocycles. The number of nitrogens with one attached hydrogen (secondary N) is 1. The molecule has 1 heterocycles. The van der Waals surface area contributed by atoms with Crippen molar-refractivity contribution in [2.45, 2.75) is 65.0 Å². The van der Waals surface area contributed by atoms with Crippen molar-refractivity contribution >= 4 is 5.91 Å². The molecule has 0 aromatic rings. The lowest BCUT2D eigenvalue weighted by Crippen LogP contribution is -2.52. The van der Waals surface area contributed by atoms with Gasteiger partial charge in [-0.25, -0.2) is 0 Å². The fraction of sp³-hybridized carbons (Fsp3) is 0.929. The van der Waals surface area contributed by atoms with Crippen LogP contribution in [0.1, 0.15) is 53.4 Å². The van der Waals surface area contributed by atoms with E-state index in [1.165, 1.54) is 0 Å².